The summed E-state index contributed by atoms with van der Waals surface area (Å²) in [6.45, 7) is 0. The van der Waals surface area contributed by atoms with Crippen molar-refractivity contribution in [1.82, 2.24) is 4.98 Å². The Morgan fingerprint density at radius 1 is 0.939 bits per heavy atom. The highest BCUT2D eigenvalue weighted by Crippen LogP contribution is 2.45. The third kappa shape index (κ3) is 4.39. The molecule has 3 aromatic rings. The second-order valence-corrected chi connectivity index (χ2v) is 7.25. The molecule has 4 nitrogen and oxygen atoms in total. The van der Waals surface area contributed by atoms with Crippen LogP contribution in [0.2, 0.25) is 5.02 Å². The normalized spacial score (nSPS) is 13.7. The lowest BCUT2D eigenvalue weighted by Crippen LogP contribution is -2.58. The lowest BCUT2D eigenvalue weighted by molar-refractivity contribution is -0.295. The Hall–Kier alpha value is -3.15. The molecule has 0 fully saturated rings. The number of carbonyl (C=O) groups excluding carboxylic acids is 2. The van der Waals surface area contributed by atoms with Gasteiger partial charge in [-0.15, -0.1) is 0 Å². The Balaban J connectivity index is 2.08. The Labute approximate surface area is 184 Å². The van der Waals surface area contributed by atoms with E-state index in [0.717, 1.165) is 6.07 Å². The molecule has 176 valence electrons. The van der Waals surface area contributed by atoms with Gasteiger partial charge in [0.2, 0.25) is 5.78 Å². The fourth-order valence-corrected chi connectivity index (χ4v) is 3.08. The highest BCUT2D eigenvalue weighted by atomic mass is 35.5. The minimum Gasteiger partial charge on any atom is -0.350 e. The van der Waals surface area contributed by atoms with Crippen LogP contribution in [0.15, 0.2) is 48.5 Å². The smallest absolute Gasteiger partial charge is 0.350 e. The topological polar surface area (TPSA) is 62.0 Å². The molecule has 2 N–H and O–H groups in total. The van der Waals surface area contributed by atoms with Crippen molar-refractivity contribution in [3.05, 3.63) is 64.8 Å². The number of anilines is 1. The van der Waals surface area contributed by atoms with Gasteiger partial charge in [0, 0.05) is 21.5 Å². The van der Waals surface area contributed by atoms with Crippen molar-refractivity contribution in [3.8, 4) is 0 Å². The Bertz CT molecular complexity index is 1210. The van der Waals surface area contributed by atoms with E-state index in [1.165, 1.54) is 41.7 Å². The summed E-state index contributed by atoms with van der Waals surface area (Å²) in [7, 11) is 0. The quantitative estimate of drug-likeness (QED) is 0.316. The second kappa shape index (κ2) is 8.32. The first kappa shape index (κ1) is 24.5. The van der Waals surface area contributed by atoms with E-state index >= 15 is 0 Å². The van der Waals surface area contributed by atoms with Gasteiger partial charge in [-0.2, -0.15) is 30.7 Å². The lowest BCUT2D eigenvalue weighted by Gasteiger charge is -2.29. The van der Waals surface area contributed by atoms with Crippen LogP contribution >= 0.6 is 11.6 Å². The zero-order chi connectivity index (χ0) is 24.8. The van der Waals surface area contributed by atoms with Crippen molar-refractivity contribution < 1.29 is 44.7 Å². The minimum atomic E-state index is -6.44. The predicted molar refractivity (Wildman–Crippen MR) is 103 cm³/mol. The van der Waals surface area contributed by atoms with E-state index in [1.54, 1.807) is 6.07 Å². The molecule has 1 aromatic heterocycles. The molecule has 33 heavy (non-hydrogen) atoms. The largest absolute Gasteiger partial charge is 0.425 e. The summed E-state index contributed by atoms with van der Waals surface area (Å²) in [5, 5.41) is 1.33. The predicted octanol–water partition coefficient (Wildman–Crippen LogP) is 6.16. The van der Waals surface area contributed by atoms with Crippen molar-refractivity contribution in [2.24, 2.45) is 0 Å². The number of aromatic amines is 1. The number of fused-ring (bicyclic) bond motifs is 1. The molecule has 0 aliphatic rings. The lowest BCUT2D eigenvalue weighted by atomic mass is 10.0. The zero-order valence-electron chi connectivity index (χ0n) is 15.9. The fourth-order valence-electron chi connectivity index (χ4n) is 2.91. The minimum absolute atomic E-state index is 0.00337. The van der Waals surface area contributed by atoms with Crippen LogP contribution in [0.5, 0.6) is 0 Å². The molecular formula is C20H11ClF8N2O2. The highest BCUT2D eigenvalue weighted by molar-refractivity contribution is 6.31. The van der Waals surface area contributed by atoms with Crippen molar-refractivity contribution in [2.45, 2.75) is 24.2 Å². The second-order valence-electron chi connectivity index (χ2n) is 6.82. The van der Waals surface area contributed by atoms with E-state index in [0.29, 0.717) is 0 Å². The molecule has 0 spiro atoms. The molecule has 13 heteroatoms. The SMILES string of the molecule is O=C(c1ccccc1)c1[nH]c2cc(Cl)ccc2c1NC(=O)C(F)(F)C(F)(F)C(F)C(F)(F)F. The molecule has 2 aromatic carbocycles. The van der Waals surface area contributed by atoms with Crippen LogP contribution in [0.1, 0.15) is 16.1 Å². The number of amides is 1. The summed E-state index contributed by atoms with van der Waals surface area (Å²) < 4.78 is 106. The number of nitrogens with one attached hydrogen (secondary N) is 2. The van der Waals surface area contributed by atoms with Gasteiger partial charge in [-0.3, -0.25) is 9.59 Å². The van der Waals surface area contributed by atoms with E-state index in [4.69, 9.17) is 11.6 Å². The van der Waals surface area contributed by atoms with E-state index in [9.17, 15) is 44.7 Å². The Morgan fingerprint density at radius 2 is 1.55 bits per heavy atom. The van der Waals surface area contributed by atoms with Crippen LogP contribution in [0, 0.1) is 0 Å². The summed E-state index contributed by atoms with van der Waals surface area (Å²) in [4.78, 5) is 27.3. The van der Waals surface area contributed by atoms with Crippen LogP contribution in [0.25, 0.3) is 10.9 Å². The number of H-pyrrole nitrogens is 1. The van der Waals surface area contributed by atoms with Gasteiger partial charge < -0.3 is 10.3 Å². The van der Waals surface area contributed by atoms with Crippen molar-refractivity contribution in [3.63, 3.8) is 0 Å². The van der Waals surface area contributed by atoms with Crippen LogP contribution in [0.3, 0.4) is 0 Å². The van der Waals surface area contributed by atoms with E-state index in [1.807, 2.05) is 0 Å². The van der Waals surface area contributed by atoms with Gasteiger partial charge in [0.15, 0.2) is 0 Å². The van der Waals surface area contributed by atoms with Gasteiger partial charge in [-0.05, 0) is 18.2 Å². The maximum absolute atomic E-state index is 14.1. The molecule has 0 aliphatic heterocycles. The standard InChI is InChI=1S/C20H11ClF8N2O2/c21-10-6-7-11-12(8-10)30-14(15(32)9-4-2-1-3-5-9)13(11)31-17(33)19(25,26)18(23,24)16(22)20(27,28)29/h1-8,16,30H,(H,31,33). The summed E-state index contributed by atoms with van der Waals surface area (Å²) >= 11 is 5.83. The summed E-state index contributed by atoms with van der Waals surface area (Å²) in [6, 6.07) is 10.7. The number of hydrogen-bond acceptors (Lipinski definition) is 2. The first-order chi connectivity index (χ1) is 15.2. The van der Waals surface area contributed by atoms with Gasteiger partial charge in [-0.25, -0.2) is 4.39 Å². The number of carbonyl (C=O) groups is 2. The Kier molecular flexibility index (Phi) is 6.18. The molecule has 1 amide bonds. The number of alkyl halides is 8. The number of halogens is 9. The van der Waals surface area contributed by atoms with Gasteiger partial charge >= 0.3 is 23.9 Å². The number of aromatic nitrogens is 1. The van der Waals surface area contributed by atoms with Crippen molar-refractivity contribution in [1.29, 1.82) is 0 Å². The van der Waals surface area contributed by atoms with Gasteiger partial charge in [0.1, 0.15) is 5.69 Å². The molecule has 1 heterocycles. The van der Waals surface area contributed by atoms with Crippen LogP contribution in [-0.4, -0.2) is 40.9 Å². The highest BCUT2D eigenvalue weighted by Gasteiger charge is 2.73. The van der Waals surface area contributed by atoms with Crippen molar-refractivity contribution >= 4 is 39.9 Å². The first-order valence-electron chi connectivity index (χ1n) is 8.86. The molecule has 3 rings (SSSR count). The number of ketones is 1. The maximum atomic E-state index is 14.1. The monoisotopic (exact) mass is 498 g/mol. The molecule has 0 saturated carbocycles. The van der Waals surface area contributed by atoms with Crippen LogP contribution < -0.4 is 5.32 Å². The van der Waals surface area contributed by atoms with Crippen LogP contribution in [0.4, 0.5) is 40.8 Å². The van der Waals surface area contributed by atoms with E-state index in [-0.39, 0.29) is 21.5 Å². The van der Waals surface area contributed by atoms with Crippen molar-refractivity contribution in [2.75, 3.05) is 5.32 Å². The summed E-state index contributed by atoms with van der Waals surface area (Å²) in [6.07, 6.45) is -11.7. The Morgan fingerprint density at radius 3 is 2.12 bits per heavy atom. The maximum Gasteiger partial charge on any atom is 0.425 e. The van der Waals surface area contributed by atoms with E-state index < -0.39 is 47.3 Å². The molecule has 0 bridgehead atoms. The molecule has 0 aliphatic carbocycles. The van der Waals surface area contributed by atoms with Gasteiger partial charge in [0.05, 0.1) is 5.69 Å². The van der Waals surface area contributed by atoms with E-state index in [2.05, 4.69) is 4.98 Å². The number of benzene rings is 2. The number of hydrogen-bond donors (Lipinski definition) is 2. The zero-order valence-corrected chi connectivity index (χ0v) is 16.7. The molecule has 0 saturated heterocycles. The number of rotatable bonds is 6. The van der Waals surface area contributed by atoms with Gasteiger partial charge in [0.25, 0.3) is 6.17 Å². The summed E-state index contributed by atoms with van der Waals surface area (Å²) in [5.41, 5.74) is -1.24. The molecule has 0 radical (unpaired) electrons. The third-order valence-corrected chi connectivity index (χ3v) is 4.81. The average molecular weight is 499 g/mol. The third-order valence-electron chi connectivity index (χ3n) is 4.57. The molecule has 1 unspecified atom stereocenters. The molecular weight excluding hydrogens is 488 g/mol. The fraction of sp³-hybridized carbons (Fsp3) is 0.200. The van der Waals surface area contributed by atoms with Crippen LogP contribution in [-0.2, 0) is 4.79 Å². The summed E-state index contributed by atoms with van der Waals surface area (Å²) in [5.74, 6) is -16.4. The average Bonchev–Trinajstić information content (AvgIpc) is 3.09. The first-order valence-corrected chi connectivity index (χ1v) is 9.24. The van der Waals surface area contributed by atoms with Gasteiger partial charge in [-0.1, -0.05) is 41.9 Å². The molecule has 1 atom stereocenters.